The lowest BCUT2D eigenvalue weighted by Crippen LogP contribution is -2.57. The van der Waals surface area contributed by atoms with Crippen molar-refractivity contribution in [1.82, 2.24) is 4.31 Å². The Kier molecular flexibility index (Phi) is 4.22. The molecule has 0 N–H and O–H groups in total. The molecule has 0 aliphatic carbocycles. The highest BCUT2D eigenvalue weighted by molar-refractivity contribution is 7.92. The van der Waals surface area contributed by atoms with Gasteiger partial charge in [-0.25, -0.2) is 25.6 Å². The van der Waals surface area contributed by atoms with E-state index in [-0.39, 0.29) is 24.6 Å². The fourth-order valence-corrected chi connectivity index (χ4v) is 5.73. The van der Waals surface area contributed by atoms with Gasteiger partial charge in [-0.1, -0.05) is 0 Å². The summed E-state index contributed by atoms with van der Waals surface area (Å²) < 4.78 is 81.4. The Labute approximate surface area is 137 Å². The normalized spacial score (nSPS) is 16.9. The molecule has 0 atom stereocenters. The van der Waals surface area contributed by atoms with E-state index in [1.165, 1.54) is 12.3 Å². The third-order valence-electron chi connectivity index (χ3n) is 3.76. The van der Waals surface area contributed by atoms with Crippen LogP contribution in [-0.4, -0.2) is 39.5 Å². The van der Waals surface area contributed by atoms with Crippen LogP contribution in [-0.2, 0) is 25.6 Å². The fourth-order valence-electron chi connectivity index (χ4n) is 2.36. The zero-order chi connectivity index (χ0) is 17.5. The highest BCUT2D eigenvalue weighted by Gasteiger charge is 2.44. The monoisotopic (exact) mass is 377 g/mol. The third-order valence-corrected chi connectivity index (χ3v) is 7.62. The topological polar surface area (TPSA) is 84.7 Å². The molecule has 0 bridgehead atoms. The molecule has 1 aliphatic rings. The molecule has 0 amide bonds. The predicted molar refractivity (Wildman–Crippen MR) is 80.2 cm³/mol. The Morgan fingerprint density at radius 2 is 1.83 bits per heavy atom. The van der Waals surface area contributed by atoms with E-state index in [0.717, 1.165) is 16.4 Å². The highest BCUT2D eigenvalue weighted by atomic mass is 32.2. The maximum atomic E-state index is 13.7. The lowest BCUT2D eigenvalue weighted by Gasteiger charge is -2.37. The van der Waals surface area contributed by atoms with E-state index in [1.807, 2.05) is 0 Å². The number of sulfone groups is 1. The maximum absolute atomic E-state index is 13.7. The summed E-state index contributed by atoms with van der Waals surface area (Å²) in [6, 6.07) is 5.20. The summed E-state index contributed by atoms with van der Waals surface area (Å²) in [4.78, 5) is -0.675. The summed E-state index contributed by atoms with van der Waals surface area (Å²) in [7, 11) is -7.79. The van der Waals surface area contributed by atoms with Crippen LogP contribution in [0.15, 0.2) is 45.9 Å². The quantitative estimate of drug-likeness (QED) is 0.789. The molecule has 0 spiro atoms. The van der Waals surface area contributed by atoms with Crippen molar-refractivity contribution in [3.63, 3.8) is 0 Å². The molecule has 0 radical (unpaired) electrons. The molecule has 1 aromatic heterocycles. The van der Waals surface area contributed by atoms with Crippen LogP contribution in [0.25, 0.3) is 0 Å². The summed E-state index contributed by atoms with van der Waals surface area (Å²) >= 11 is 0. The minimum Gasteiger partial charge on any atom is -0.468 e. The van der Waals surface area contributed by atoms with Crippen molar-refractivity contribution in [2.24, 2.45) is 0 Å². The molecule has 24 heavy (non-hydrogen) atoms. The Morgan fingerprint density at radius 3 is 2.42 bits per heavy atom. The van der Waals surface area contributed by atoms with Crippen molar-refractivity contribution in [3.05, 3.63) is 54.0 Å². The van der Waals surface area contributed by atoms with Crippen LogP contribution >= 0.6 is 0 Å². The van der Waals surface area contributed by atoms with Crippen LogP contribution in [0.5, 0.6) is 0 Å². The zero-order valence-electron chi connectivity index (χ0n) is 12.2. The van der Waals surface area contributed by atoms with Crippen molar-refractivity contribution in [3.8, 4) is 0 Å². The molecule has 1 saturated heterocycles. The lowest BCUT2D eigenvalue weighted by molar-refractivity contribution is 0.307. The van der Waals surface area contributed by atoms with Crippen LogP contribution in [0.1, 0.15) is 5.76 Å². The van der Waals surface area contributed by atoms with Crippen molar-refractivity contribution in [2.75, 3.05) is 13.1 Å². The van der Waals surface area contributed by atoms with E-state index < -0.39 is 41.6 Å². The standard InChI is InChI=1S/C14H13F2NO5S2/c15-10-3-4-14(13(16)6-10)24(20,21)17-7-12(8-17)23(18,19)9-11-2-1-5-22-11/h1-6,12H,7-9H2. The van der Waals surface area contributed by atoms with Crippen molar-refractivity contribution in [1.29, 1.82) is 0 Å². The van der Waals surface area contributed by atoms with Crippen LogP contribution in [0.3, 0.4) is 0 Å². The van der Waals surface area contributed by atoms with Crippen LogP contribution in [0.4, 0.5) is 8.78 Å². The molecule has 1 aliphatic heterocycles. The van der Waals surface area contributed by atoms with Gasteiger partial charge in [0.25, 0.3) is 0 Å². The van der Waals surface area contributed by atoms with Gasteiger partial charge in [0, 0.05) is 19.2 Å². The van der Waals surface area contributed by atoms with Crippen LogP contribution in [0, 0.1) is 11.6 Å². The summed E-state index contributed by atoms with van der Waals surface area (Å²) in [5, 5.41) is -0.888. The highest BCUT2D eigenvalue weighted by Crippen LogP contribution is 2.28. The van der Waals surface area contributed by atoms with E-state index in [1.54, 1.807) is 6.07 Å². The lowest BCUT2D eigenvalue weighted by atomic mass is 10.3. The first-order valence-electron chi connectivity index (χ1n) is 6.89. The minimum atomic E-state index is -4.20. The fraction of sp³-hybridized carbons (Fsp3) is 0.286. The Balaban J connectivity index is 1.73. The summed E-state index contributed by atoms with van der Waals surface area (Å²) in [6.07, 6.45) is 1.35. The molecule has 0 unspecified atom stereocenters. The smallest absolute Gasteiger partial charge is 0.246 e. The molecule has 1 fully saturated rings. The van der Waals surface area contributed by atoms with Crippen molar-refractivity contribution in [2.45, 2.75) is 15.9 Å². The molecule has 10 heteroatoms. The van der Waals surface area contributed by atoms with Crippen LogP contribution in [0.2, 0.25) is 0 Å². The summed E-state index contributed by atoms with van der Waals surface area (Å²) in [5.41, 5.74) is 0. The second kappa shape index (κ2) is 5.94. The molecular formula is C14H13F2NO5S2. The van der Waals surface area contributed by atoms with Gasteiger partial charge in [0.05, 0.1) is 11.5 Å². The Bertz CT molecular complexity index is 949. The number of sulfonamides is 1. The van der Waals surface area contributed by atoms with Gasteiger partial charge in [-0.3, -0.25) is 0 Å². The number of benzene rings is 1. The number of nitrogens with zero attached hydrogens (tertiary/aromatic N) is 1. The molecule has 6 nitrogen and oxygen atoms in total. The maximum Gasteiger partial charge on any atom is 0.246 e. The van der Waals surface area contributed by atoms with E-state index in [4.69, 9.17) is 4.42 Å². The number of hydrogen-bond donors (Lipinski definition) is 0. The first-order valence-corrected chi connectivity index (χ1v) is 10.0. The second-order valence-corrected chi connectivity index (χ2v) is 9.59. The molecule has 3 rings (SSSR count). The van der Waals surface area contributed by atoms with Gasteiger partial charge in [0.2, 0.25) is 10.0 Å². The predicted octanol–water partition coefficient (Wildman–Crippen LogP) is 1.55. The average Bonchev–Trinajstić information content (AvgIpc) is 2.87. The number of hydrogen-bond acceptors (Lipinski definition) is 5. The molecule has 0 saturated carbocycles. The van der Waals surface area contributed by atoms with Crippen molar-refractivity contribution >= 4 is 19.9 Å². The Morgan fingerprint density at radius 1 is 1.12 bits per heavy atom. The van der Waals surface area contributed by atoms with Gasteiger partial charge in [0.15, 0.2) is 9.84 Å². The number of furan rings is 1. The molecule has 130 valence electrons. The molecule has 1 aromatic carbocycles. The van der Waals surface area contributed by atoms with Crippen molar-refractivity contribution < 1.29 is 30.0 Å². The second-order valence-electron chi connectivity index (χ2n) is 5.41. The van der Waals surface area contributed by atoms with Gasteiger partial charge in [-0.15, -0.1) is 0 Å². The zero-order valence-corrected chi connectivity index (χ0v) is 13.9. The van der Waals surface area contributed by atoms with E-state index >= 15 is 0 Å². The van der Waals surface area contributed by atoms with Gasteiger partial charge < -0.3 is 4.42 Å². The van der Waals surface area contributed by atoms with Gasteiger partial charge in [0.1, 0.15) is 28.0 Å². The first-order chi connectivity index (χ1) is 11.2. The average molecular weight is 377 g/mol. The Hall–Kier alpha value is -1.78. The van der Waals surface area contributed by atoms with E-state index in [2.05, 4.69) is 0 Å². The van der Waals surface area contributed by atoms with Gasteiger partial charge >= 0.3 is 0 Å². The number of halogens is 2. The molecule has 2 heterocycles. The molecular weight excluding hydrogens is 364 g/mol. The minimum absolute atomic E-state index is 0.265. The summed E-state index contributed by atoms with van der Waals surface area (Å²) in [6.45, 7) is -0.551. The number of rotatable bonds is 5. The van der Waals surface area contributed by atoms with E-state index in [0.29, 0.717) is 6.07 Å². The van der Waals surface area contributed by atoms with E-state index in [9.17, 15) is 25.6 Å². The van der Waals surface area contributed by atoms with Gasteiger partial charge in [-0.05, 0) is 24.3 Å². The molecule has 2 aromatic rings. The largest absolute Gasteiger partial charge is 0.468 e. The summed E-state index contributed by atoms with van der Waals surface area (Å²) in [5.74, 6) is -2.17. The van der Waals surface area contributed by atoms with Crippen LogP contribution < -0.4 is 0 Å². The third kappa shape index (κ3) is 3.08. The van der Waals surface area contributed by atoms with Gasteiger partial charge in [-0.2, -0.15) is 4.31 Å². The SMILES string of the molecule is O=S(=O)(Cc1ccco1)C1CN(S(=O)(=O)c2ccc(F)cc2F)C1. The first kappa shape index (κ1) is 17.1.